The number of nitrogens with zero attached hydrogens (tertiary/aromatic N) is 2. The molecule has 0 saturated carbocycles. The van der Waals surface area contributed by atoms with E-state index in [4.69, 9.17) is 0 Å². The number of hydrogen-bond acceptors (Lipinski definition) is 5. The van der Waals surface area contributed by atoms with Gasteiger partial charge < -0.3 is 5.32 Å². The van der Waals surface area contributed by atoms with Crippen LogP contribution in [0.4, 0.5) is 5.69 Å². The Hall–Kier alpha value is -2.74. The van der Waals surface area contributed by atoms with Crippen molar-refractivity contribution in [3.05, 3.63) is 54.4 Å². The molecule has 0 spiro atoms. The van der Waals surface area contributed by atoms with E-state index in [1.165, 1.54) is 0 Å². The van der Waals surface area contributed by atoms with Crippen molar-refractivity contribution in [2.24, 2.45) is 4.99 Å². The van der Waals surface area contributed by atoms with Gasteiger partial charge in [-0.3, -0.25) is 19.5 Å². The summed E-state index contributed by atoms with van der Waals surface area (Å²) in [6.45, 7) is 0.510. The Balaban J connectivity index is 1.41. The van der Waals surface area contributed by atoms with Crippen LogP contribution in [0.25, 0.3) is 0 Å². The number of pyridine rings is 1. The van der Waals surface area contributed by atoms with Gasteiger partial charge in [-0.15, -0.1) is 0 Å². The molecule has 2 heterocycles. The fourth-order valence-electron chi connectivity index (χ4n) is 2.68. The highest BCUT2D eigenvalue weighted by Gasteiger charge is 2.29. The van der Waals surface area contributed by atoms with E-state index in [1.54, 1.807) is 48.8 Å². The van der Waals surface area contributed by atoms with Crippen molar-refractivity contribution in [1.29, 1.82) is 0 Å². The number of carbonyl (C=O) groups is 1. The molecule has 0 saturated heterocycles. The number of rotatable bonds is 7. The SMILES string of the molecule is O=C(CCCCCN=C1NS(=O)(=O)c2ccccc21)Nc1cccnc1. The topological polar surface area (TPSA) is 101 Å². The fourth-order valence-corrected chi connectivity index (χ4v) is 3.93. The van der Waals surface area contributed by atoms with E-state index in [-0.39, 0.29) is 10.8 Å². The number of aliphatic imine (C=N–C) groups is 1. The molecule has 0 radical (unpaired) electrons. The maximum atomic E-state index is 12.0. The van der Waals surface area contributed by atoms with Gasteiger partial charge in [-0.2, -0.15) is 0 Å². The third kappa shape index (κ3) is 4.45. The molecular formula is C18H20N4O3S. The molecule has 1 amide bonds. The third-order valence-corrected chi connectivity index (χ3v) is 5.34. The molecule has 8 heteroatoms. The minimum Gasteiger partial charge on any atom is -0.325 e. The number of nitrogens with one attached hydrogen (secondary N) is 2. The van der Waals surface area contributed by atoms with Crippen LogP contribution in [0.3, 0.4) is 0 Å². The van der Waals surface area contributed by atoms with Crippen LogP contribution in [-0.4, -0.2) is 31.7 Å². The van der Waals surface area contributed by atoms with Gasteiger partial charge in [0.1, 0.15) is 5.84 Å². The predicted molar refractivity (Wildman–Crippen MR) is 99.5 cm³/mol. The lowest BCUT2D eigenvalue weighted by Gasteiger charge is -2.04. The summed E-state index contributed by atoms with van der Waals surface area (Å²) < 4.78 is 26.4. The Morgan fingerprint density at radius 1 is 1.12 bits per heavy atom. The van der Waals surface area contributed by atoms with E-state index >= 15 is 0 Å². The summed E-state index contributed by atoms with van der Waals surface area (Å²) in [5.41, 5.74) is 1.31. The summed E-state index contributed by atoms with van der Waals surface area (Å²) in [6, 6.07) is 10.4. The molecule has 1 aromatic carbocycles. The molecule has 2 aromatic rings. The van der Waals surface area contributed by atoms with Crippen molar-refractivity contribution in [3.8, 4) is 0 Å². The van der Waals surface area contributed by atoms with Gasteiger partial charge in [0.15, 0.2) is 0 Å². The van der Waals surface area contributed by atoms with Gasteiger partial charge in [0.2, 0.25) is 5.91 Å². The first-order valence-corrected chi connectivity index (χ1v) is 9.91. The molecular weight excluding hydrogens is 352 g/mol. The van der Waals surface area contributed by atoms with E-state index in [0.29, 0.717) is 30.1 Å². The number of carbonyl (C=O) groups excluding carboxylic acids is 1. The highest BCUT2D eigenvalue weighted by atomic mass is 32.2. The van der Waals surface area contributed by atoms with Crippen LogP contribution in [-0.2, 0) is 14.8 Å². The van der Waals surface area contributed by atoms with Crippen molar-refractivity contribution in [1.82, 2.24) is 9.71 Å². The summed E-state index contributed by atoms with van der Waals surface area (Å²) in [7, 11) is -3.48. The quantitative estimate of drug-likeness (QED) is 0.728. The van der Waals surface area contributed by atoms with Crippen LogP contribution in [0.15, 0.2) is 58.7 Å². The van der Waals surface area contributed by atoms with E-state index < -0.39 is 10.0 Å². The van der Waals surface area contributed by atoms with Crippen molar-refractivity contribution in [3.63, 3.8) is 0 Å². The molecule has 0 unspecified atom stereocenters. The average molecular weight is 372 g/mol. The second-order valence-corrected chi connectivity index (χ2v) is 7.58. The maximum absolute atomic E-state index is 12.0. The first kappa shape index (κ1) is 18.1. The molecule has 0 aliphatic carbocycles. The van der Waals surface area contributed by atoms with E-state index in [9.17, 15) is 13.2 Å². The summed E-state index contributed by atoms with van der Waals surface area (Å²) in [4.78, 5) is 20.4. The minimum absolute atomic E-state index is 0.0400. The highest BCUT2D eigenvalue weighted by Crippen LogP contribution is 2.22. The lowest BCUT2D eigenvalue weighted by atomic mass is 10.2. The van der Waals surface area contributed by atoms with E-state index in [1.807, 2.05) is 0 Å². The van der Waals surface area contributed by atoms with Crippen LogP contribution >= 0.6 is 0 Å². The van der Waals surface area contributed by atoms with Crippen LogP contribution in [0, 0.1) is 0 Å². The second-order valence-electron chi connectivity index (χ2n) is 5.93. The Labute approximate surface area is 152 Å². The number of amidine groups is 1. The molecule has 0 atom stereocenters. The normalized spacial score (nSPS) is 16.1. The molecule has 1 aromatic heterocycles. The zero-order valence-corrected chi connectivity index (χ0v) is 15.0. The second kappa shape index (κ2) is 8.09. The zero-order valence-electron chi connectivity index (χ0n) is 14.2. The Kier molecular flexibility index (Phi) is 5.62. The van der Waals surface area contributed by atoms with Gasteiger partial charge in [0.05, 0.1) is 16.8 Å². The Morgan fingerprint density at radius 2 is 1.96 bits per heavy atom. The Morgan fingerprint density at radius 3 is 2.77 bits per heavy atom. The first-order valence-electron chi connectivity index (χ1n) is 8.43. The molecule has 3 rings (SSSR count). The largest absolute Gasteiger partial charge is 0.325 e. The zero-order chi connectivity index (χ0) is 18.4. The first-order chi connectivity index (χ1) is 12.6. The fraction of sp³-hybridized carbons (Fsp3) is 0.278. The van der Waals surface area contributed by atoms with Gasteiger partial charge in [-0.1, -0.05) is 18.6 Å². The summed E-state index contributed by atoms with van der Waals surface area (Å²) in [5.74, 6) is 0.358. The molecule has 1 aliphatic rings. The van der Waals surface area contributed by atoms with Crippen molar-refractivity contribution < 1.29 is 13.2 Å². The third-order valence-electron chi connectivity index (χ3n) is 3.94. The highest BCUT2D eigenvalue weighted by molar-refractivity contribution is 7.90. The molecule has 1 aliphatic heterocycles. The number of amides is 1. The van der Waals surface area contributed by atoms with Crippen LogP contribution in [0.1, 0.15) is 31.2 Å². The standard InChI is InChI=1S/C18H20N4O3S/c23-17(21-14-7-6-11-19-13-14)10-2-1-5-12-20-18-15-8-3-4-9-16(15)26(24,25)22-18/h3-4,6-9,11,13H,1-2,5,10,12H2,(H,20,22)(H,21,23). The predicted octanol–water partition coefficient (Wildman–Crippen LogP) is 2.32. The number of hydrogen-bond donors (Lipinski definition) is 2. The van der Waals surface area contributed by atoms with Gasteiger partial charge in [0.25, 0.3) is 10.0 Å². The van der Waals surface area contributed by atoms with Gasteiger partial charge in [0, 0.05) is 24.7 Å². The molecule has 0 bridgehead atoms. The monoisotopic (exact) mass is 372 g/mol. The number of unbranched alkanes of at least 4 members (excludes halogenated alkanes) is 2. The van der Waals surface area contributed by atoms with Gasteiger partial charge in [-0.25, -0.2) is 8.42 Å². The van der Waals surface area contributed by atoms with Crippen LogP contribution < -0.4 is 10.0 Å². The molecule has 2 N–H and O–H groups in total. The lowest BCUT2D eigenvalue weighted by Crippen LogP contribution is -2.22. The lowest BCUT2D eigenvalue weighted by molar-refractivity contribution is -0.116. The number of sulfonamides is 1. The number of aromatic nitrogens is 1. The number of fused-ring (bicyclic) bond motifs is 1. The summed E-state index contributed by atoms with van der Waals surface area (Å²) >= 11 is 0. The van der Waals surface area contributed by atoms with Crippen molar-refractivity contribution in [2.75, 3.05) is 11.9 Å². The van der Waals surface area contributed by atoms with E-state index in [2.05, 4.69) is 20.0 Å². The van der Waals surface area contributed by atoms with E-state index in [0.717, 1.165) is 19.3 Å². The van der Waals surface area contributed by atoms with Crippen molar-refractivity contribution >= 4 is 27.5 Å². The Bertz CT molecular complexity index is 911. The minimum atomic E-state index is -3.48. The van der Waals surface area contributed by atoms with Crippen LogP contribution in [0.2, 0.25) is 0 Å². The number of anilines is 1. The molecule has 7 nitrogen and oxygen atoms in total. The molecule has 0 fully saturated rings. The molecule has 136 valence electrons. The smallest absolute Gasteiger partial charge is 0.263 e. The van der Waals surface area contributed by atoms with Gasteiger partial charge >= 0.3 is 0 Å². The van der Waals surface area contributed by atoms with Crippen LogP contribution in [0.5, 0.6) is 0 Å². The maximum Gasteiger partial charge on any atom is 0.263 e. The van der Waals surface area contributed by atoms with Crippen molar-refractivity contribution in [2.45, 2.75) is 30.6 Å². The molecule has 26 heavy (non-hydrogen) atoms. The average Bonchev–Trinajstić information content (AvgIpc) is 2.90. The number of benzene rings is 1. The summed E-state index contributed by atoms with van der Waals surface area (Å²) in [6.07, 6.45) is 6.06. The van der Waals surface area contributed by atoms with Gasteiger partial charge in [-0.05, 0) is 37.1 Å². The summed E-state index contributed by atoms with van der Waals surface area (Å²) in [5, 5.41) is 2.79.